The third-order valence-corrected chi connectivity index (χ3v) is 0. The molecule has 0 amide bonds. The molecule has 12 nitrogen and oxygen atoms in total. The fourth-order valence-corrected chi connectivity index (χ4v) is 0. The zero-order valence-electron chi connectivity index (χ0n) is 8.60. The first-order valence-corrected chi connectivity index (χ1v) is 2.96. The van der Waals surface area contributed by atoms with Gasteiger partial charge < -0.3 is 30.6 Å². The van der Waals surface area contributed by atoms with E-state index in [-0.39, 0.29) is 38.8 Å². The fraction of sp³-hybridized carbons (Fsp3) is 0. The average Bonchev–Trinajstić information content (AvgIpc) is 2.23. The molecular weight excluding hydrogens is 264 g/mol. The van der Waals surface area contributed by atoms with Crippen LogP contribution in [-0.2, 0) is 28.8 Å². The van der Waals surface area contributed by atoms with Crippen molar-refractivity contribution in [1.29, 1.82) is 0 Å². The summed E-state index contributed by atoms with van der Waals surface area (Å²) in [5, 5.41) is 41.3. The highest BCUT2D eigenvalue weighted by molar-refractivity contribution is 5.33. The monoisotopic (exact) mass is 276 g/mol. The van der Waals surface area contributed by atoms with Crippen molar-refractivity contribution in [3.8, 4) is 0 Å². The molecule has 0 saturated carbocycles. The summed E-state index contributed by atoms with van der Waals surface area (Å²) < 4.78 is 0. The minimum atomic E-state index is -0.250. The van der Waals surface area contributed by atoms with E-state index in [9.17, 15) is 0 Å². The van der Waals surface area contributed by atoms with Crippen LogP contribution in [0.5, 0.6) is 0 Å². The molecule has 0 aliphatic rings. The van der Waals surface area contributed by atoms with Gasteiger partial charge in [0, 0.05) is 0 Å². The molecule has 0 radical (unpaired) electrons. The highest BCUT2D eigenvalue weighted by atomic mass is 16.4. The Morgan fingerprint density at radius 3 is 0.333 bits per heavy atom. The van der Waals surface area contributed by atoms with Crippen LogP contribution in [0.1, 0.15) is 0 Å². The standard InChI is InChI=1S/6CH2O2/c6*2-1-3/h6*1H,(H,2,3). The molecule has 0 heterocycles. The minimum Gasteiger partial charge on any atom is -0.483 e. The van der Waals surface area contributed by atoms with Crippen LogP contribution >= 0.6 is 0 Å². The number of hydrogen-bond acceptors (Lipinski definition) is 6. The summed E-state index contributed by atoms with van der Waals surface area (Å²) in [5.74, 6) is 0. The SMILES string of the molecule is O=CO.O=CO.O=CO.O=CO.O=CO.O=CO. The van der Waals surface area contributed by atoms with Crippen molar-refractivity contribution in [3.05, 3.63) is 0 Å². The second kappa shape index (κ2) is 286. The second-order valence-electron chi connectivity index (χ2n) is 0.632. The molecule has 12 heteroatoms. The normalized spacial score (nSPS) is 4.00. The molecule has 0 aliphatic carbocycles. The molecule has 0 saturated heterocycles. The molecule has 0 fully saturated rings. The average molecular weight is 276 g/mol. The van der Waals surface area contributed by atoms with Crippen molar-refractivity contribution in [3.63, 3.8) is 0 Å². The van der Waals surface area contributed by atoms with Gasteiger partial charge in [0.05, 0.1) is 0 Å². The van der Waals surface area contributed by atoms with Gasteiger partial charge in [0.1, 0.15) is 0 Å². The van der Waals surface area contributed by atoms with E-state index >= 15 is 0 Å². The number of carbonyl (C=O) groups is 6. The first-order valence-electron chi connectivity index (χ1n) is 2.96. The molecule has 6 N–H and O–H groups in total. The zero-order chi connectivity index (χ0) is 16.2. The Labute approximate surface area is 99.3 Å². The Hall–Kier alpha value is -3.18. The maximum absolute atomic E-state index is 8.36. The van der Waals surface area contributed by atoms with E-state index in [1.54, 1.807) is 0 Å². The Balaban J connectivity index is -0.0000000240. The highest BCUT2D eigenvalue weighted by Gasteiger charge is 1.23. The Kier molecular flexibility index (Phi) is 577. The van der Waals surface area contributed by atoms with Gasteiger partial charge in [-0.25, -0.2) is 0 Å². The predicted octanol–water partition coefficient (Wildman–Crippen LogP) is -1.80. The summed E-state index contributed by atoms with van der Waals surface area (Å²) in [6.45, 7) is -1.50. The maximum atomic E-state index is 8.36. The molecule has 0 aromatic carbocycles. The summed E-state index contributed by atoms with van der Waals surface area (Å²) in [6, 6.07) is 0. The second-order valence-corrected chi connectivity index (χ2v) is 0.632. The van der Waals surface area contributed by atoms with E-state index in [0.717, 1.165) is 0 Å². The van der Waals surface area contributed by atoms with Crippen molar-refractivity contribution in [2.24, 2.45) is 0 Å². The maximum Gasteiger partial charge on any atom is 0.290 e. The van der Waals surface area contributed by atoms with E-state index in [1.807, 2.05) is 0 Å². The van der Waals surface area contributed by atoms with Gasteiger partial charge in [-0.05, 0) is 0 Å². The van der Waals surface area contributed by atoms with Crippen molar-refractivity contribution in [1.82, 2.24) is 0 Å². The zero-order valence-corrected chi connectivity index (χ0v) is 8.60. The van der Waals surface area contributed by atoms with E-state index in [0.29, 0.717) is 0 Å². The molecule has 0 spiro atoms. The van der Waals surface area contributed by atoms with E-state index in [1.165, 1.54) is 0 Å². The Morgan fingerprint density at radius 2 is 0.333 bits per heavy atom. The third-order valence-electron chi connectivity index (χ3n) is 0. The molecule has 0 aromatic heterocycles. The summed E-state index contributed by atoms with van der Waals surface area (Å²) in [7, 11) is 0. The summed E-state index contributed by atoms with van der Waals surface area (Å²) in [6.07, 6.45) is 0. The molecule has 0 bridgehead atoms. The first-order chi connectivity index (χ1) is 8.49. The lowest BCUT2D eigenvalue weighted by molar-refractivity contribution is -0.123. The molecule has 0 atom stereocenters. The van der Waals surface area contributed by atoms with Crippen LogP contribution in [0.2, 0.25) is 0 Å². The number of hydrogen-bond donors (Lipinski definition) is 6. The van der Waals surface area contributed by atoms with E-state index in [4.69, 9.17) is 59.4 Å². The van der Waals surface area contributed by atoms with Crippen LogP contribution in [-0.4, -0.2) is 69.5 Å². The smallest absolute Gasteiger partial charge is 0.290 e. The Bertz CT molecular complexity index is 108. The first kappa shape index (κ1) is 36.4. The van der Waals surface area contributed by atoms with Gasteiger partial charge in [-0.2, -0.15) is 0 Å². The van der Waals surface area contributed by atoms with Crippen LogP contribution in [0.15, 0.2) is 0 Å². The van der Waals surface area contributed by atoms with Gasteiger partial charge in [0.2, 0.25) is 0 Å². The Morgan fingerprint density at radius 1 is 0.333 bits per heavy atom. The summed E-state index contributed by atoms with van der Waals surface area (Å²) in [5.41, 5.74) is 0. The van der Waals surface area contributed by atoms with Crippen LogP contribution in [0, 0.1) is 0 Å². The van der Waals surface area contributed by atoms with Gasteiger partial charge in [-0.1, -0.05) is 0 Å². The van der Waals surface area contributed by atoms with Gasteiger partial charge in [-0.3, -0.25) is 28.8 Å². The minimum absolute atomic E-state index is 0.250. The van der Waals surface area contributed by atoms with Gasteiger partial charge in [-0.15, -0.1) is 0 Å². The van der Waals surface area contributed by atoms with Gasteiger partial charge in [0.15, 0.2) is 0 Å². The quantitative estimate of drug-likeness (QED) is 0.269. The van der Waals surface area contributed by atoms with Crippen LogP contribution in [0.4, 0.5) is 0 Å². The molecule has 0 aromatic rings. The summed E-state index contributed by atoms with van der Waals surface area (Å²) in [4.78, 5) is 50.2. The van der Waals surface area contributed by atoms with Crippen LogP contribution in [0.3, 0.4) is 0 Å². The van der Waals surface area contributed by atoms with E-state index < -0.39 is 0 Å². The third kappa shape index (κ3) is 177. The largest absolute Gasteiger partial charge is 0.483 e. The topological polar surface area (TPSA) is 224 Å². The molecule has 0 aliphatic heterocycles. The lowest BCUT2D eigenvalue weighted by atomic mass is 11.7. The molecule has 18 heavy (non-hydrogen) atoms. The van der Waals surface area contributed by atoms with Crippen molar-refractivity contribution < 1.29 is 59.4 Å². The van der Waals surface area contributed by atoms with E-state index in [2.05, 4.69) is 0 Å². The molecule has 0 unspecified atom stereocenters. The van der Waals surface area contributed by atoms with Crippen LogP contribution < -0.4 is 0 Å². The predicted molar refractivity (Wildman–Crippen MR) is 52.2 cm³/mol. The fourth-order valence-electron chi connectivity index (χ4n) is 0. The molecule has 108 valence electrons. The van der Waals surface area contributed by atoms with Crippen molar-refractivity contribution in [2.75, 3.05) is 0 Å². The number of rotatable bonds is 0. The molecular formula is C6H12O12. The van der Waals surface area contributed by atoms with Crippen molar-refractivity contribution >= 4 is 38.8 Å². The highest BCUT2D eigenvalue weighted by Crippen LogP contribution is 0.981. The van der Waals surface area contributed by atoms with Crippen LogP contribution in [0.25, 0.3) is 0 Å². The van der Waals surface area contributed by atoms with Crippen molar-refractivity contribution in [2.45, 2.75) is 0 Å². The summed E-state index contributed by atoms with van der Waals surface area (Å²) >= 11 is 0. The lowest BCUT2D eigenvalue weighted by Gasteiger charge is -1.34. The van der Waals surface area contributed by atoms with Gasteiger partial charge in [0.25, 0.3) is 38.8 Å². The molecule has 0 rings (SSSR count). The van der Waals surface area contributed by atoms with Gasteiger partial charge >= 0.3 is 0 Å². The lowest BCUT2D eigenvalue weighted by Crippen LogP contribution is -1.49. The number of carboxylic acid groups (broad SMARTS) is 6.